The molecule has 0 saturated carbocycles. The molecule has 0 radical (unpaired) electrons. The fraction of sp³-hybridized carbons (Fsp3) is 0.0909. The van der Waals surface area contributed by atoms with Gasteiger partial charge >= 0.3 is 0 Å². The van der Waals surface area contributed by atoms with Crippen LogP contribution in [-0.2, 0) is 0 Å². The molecule has 1 atom stereocenters. The molecule has 84 valence electrons. The molecule has 5 heteroatoms. The van der Waals surface area contributed by atoms with E-state index in [0.29, 0.717) is 0 Å². The van der Waals surface area contributed by atoms with E-state index < -0.39 is 0 Å². The summed E-state index contributed by atoms with van der Waals surface area (Å²) in [7, 11) is 0. The van der Waals surface area contributed by atoms with Gasteiger partial charge in [-0.25, -0.2) is 0 Å². The number of thiophene rings is 1. The highest BCUT2D eigenvalue weighted by Gasteiger charge is 2.15. The highest BCUT2D eigenvalue weighted by atomic mass is 79.9. The second-order valence-electron chi connectivity index (χ2n) is 3.32. The molecule has 0 amide bonds. The molecular formula is C11H8Br3NS. The molecule has 1 unspecified atom stereocenters. The maximum atomic E-state index is 6.24. The third-order valence-corrected chi connectivity index (χ3v) is 5.21. The molecule has 0 aliphatic heterocycles. The smallest absolute Gasteiger partial charge is 0.0582 e. The summed E-state index contributed by atoms with van der Waals surface area (Å²) in [4.78, 5) is 0. The van der Waals surface area contributed by atoms with Gasteiger partial charge in [0, 0.05) is 18.8 Å². The number of hydrogen-bond donors (Lipinski definition) is 1. The van der Waals surface area contributed by atoms with Gasteiger partial charge in [-0.1, -0.05) is 37.9 Å². The highest BCUT2D eigenvalue weighted by molar-refractivity contribution is 9.11. The van der Waals surface area contributed by atoms with E-state index in [9.17, 15) is 0 Å². The minimum Gasteiger partial charge on any atom is -0.320 e. The van der Waals surface area contributed by atoms with Crippen molar-refractivity contribution in [3.05, 3.63) is 53.5 Å². The van der Waals surface area contributed by atoms with Crippen molar-refractivity contribution in [2.75, 3.05) is 0 Å². The first-order chi connectivity index (χ1) is 7.59. The summed E-state index contributed by atoms with van der Waals surface area (Å²) in [5, 5.41) is 4.12. The zero-order valence-corrected chi connectivity index (χ0v) is 13.7. The highest BCUT2D eigenvalue weighted by Crippen LogP contribution is 2.34. The van der Waals surface area contributed by atoms with E-state index >= 15 is 0 Å². The third kappa shape index (κ3) is 2.59. The average molecular weight is 426 g/mol. The predicted molar refractivity (Wildman–Crippen MR) is 79.9 cm³/mol. The number of nitrogens with two attached hydrogens (primary N) is 1. The number of benzene rings is 1. The summed E-state index contributed by atoms with van der Waals surface area (Å²) in [5.74, 6) is 0. The van der Waals surface area contributed by atoms with Crippen LogP contribution in [0.4, 0.5) is 0 Å². The SMILES string of the molecule is NC(c1ccc(Br)cc1Br)c1cscc1Br. The van der Waals surface area contributed by atoms with Crippen molar-refractivity contribution >= 4 is 59.1 Å². The van der Waals surface area contributed by atoms with Crippen molar-refractivity contribution in [3.8, 4) is 0 Å². The van der Waals surface area contributed by atoms with Crippen LogP contribution < -0.4 is 5.73 Å². The molecule has 1 aromatic carbocycles. The molecule has 0 spiro atoms. The summed E-state index contributed by atoms with van der Waals surface area (Å²) in [6.07, 6.45) is 0. The summed E-state index contributed by atoms with van der Waals surface area (Å²) in [6, 6.07) is 5.93. The van der Waals surface area contributed by atoms with Gasteiger partial charge in [0.15, 0.2) is 0 Å². The van der Waals surface area contributed by atoms with Crippen LogP contribution in [-0.4, -0.2) is 0 Å². The van der Waals surface area contributed by atoms with Crippen molar-refractivity contribution in [1.29, 1.82) is 0 Å². The lowest BCUT2D eigenvalue weighted by Gasteiger charge is -2.13. The summed E-state index contributed by atoms with van der Waals surface area (Å²) in [5.41, 5.74) is 8.45. The van der Waals surface area contributed by atoms with Gasteiger partial charge in [-0.15, -0.1) is 0 Å². The minimum absolute atomic E-state index is 0.108. The lowest BCUT2D eigenvalue weighted by atomic mass is 10.0. The molecular weight excluding hydrogens is 418 g/mol. The van der Waals surface area contributed by atoms with Gasteiger partial charge in [-0.05, 0) is 44.6 Å². The van der Waals surface area contributed by atoms with Crippen LogP contribution in [0, 0.1) is 0 Å². The molecule has 0 aliphatic carbocycles. The van der Waals surface area contributed by atoms with Crippen molar-refractivity contribution in [2.24, 2.45) is 5.73 Å². The quantitative estimate of drug-likeness (QED) is 0.713. The Bertz CT molecular complexity index is 510. The van der Waals surface area contributed by atoms with Gasteiger partial charge in [0.1, 0.15) is 0 Å². The van der Waals surface area contributed by atoms with E-state index in [1.165, 1.54) is 0 Å². The zero-order chi connectivity index (χ0) is 11.7. The fourth-order valence-electron chi connectivity index (χ4n) is 1.43. The fourth-order valence-corrected chi connectivity index (χ4v) is 4.31. The number of rotatable bonds is 2. The van der Waals surface area contributed by atoms with E-state index in [2.05, 4.69) is 53.2 Å². The van der Waals surface area contributed by atoms with Gasteiger partial charge < -0.3 is 5.73 Å². The first kappa shape index (κ1) is 12.8. The minimum atomic E-state index is -0.108. The van der Waals surface area contributed by atoms with Crippen LogP contribution in [0.25, 0.3) is 0 Å². The van der Waals surface area contributed by atoms with E-state index in [0.717, 1.165) is 24.5 Å². The maximum Gasteiger partial charge on any atom is 0.0582 e. The van der Waals surface area contributed by atoms with Crippen LogP contribution in [0.2, 0.25) is 0 Å². The first-order valence-electron chi connectivity index (χ1n) is 4.51. The van der Waals surface area contributed by atoms with Crippen molar-refractivity contribution < 1.29 is 0 Å². The molecule has 1 nitrogen and oxygen atoms in total. The Morgan fingerprint density at radius 2 is 1.75 bits per heavy atom. The normalized spacial score (nSPS) is 12.8. The molecule has 16 heavy (non-hydrogen) atoms. The number of halogens is 3. The Morgan fingerprint density at radius 3 is 2.31 bits per heavy atom. The molecule has 1 aromatic heterocycles. The summed E-state index contributed by atoms with van der Waals surface area (Å²) < 4.78 is 3.13. The van der Waals surface area contributed by atoms with Crippen molar-refractivity contribution in [2.45, 2.75) is 6.04 Å². The Morgan fingerprint density at radius 1 is 1.00 bits per heavy atom. The molecule has 1 heterocycles. The third-order valence-electron chi connectivity index (χ3n) is 2.27. The van der Waals surface area contributed by atoms with Crippen LogP contribution in [0.15, 0.2) is 42.4 Å². The number of hydrogen-bond acceptors (Lipinski definition) is 2. The largest absolute Gasteiger partial charge is 0.320 e. The summed E-state index contributed by atoms with van der Waals surface area (Å²) >= 11 is 12.1. The first-order valence-corrected chi connectivity index (χ1v) is 7.84. The van der Waals surface area contributed by atoms with E-state index in [-0.39, 0.29) is 6.04 Å². The standard InChI is InChI=1S/C11H8Br3NS/c12-6-1-2-7(9(13)3-6)11(15)8-4-16-5-10(8)14/h1-5,11H,15H2. The topological polar surface area (TPSA) is 26.0 Å². The molecule has 2 rings (SSSR count). The van der Waals surface area contributed by atoms with E-state index in [4.69, 9.17) is 5.73 Å². The van der Waals surface area contributed by atoms with Gasteiger partial charge in [0.2, 0.25) is 0 Å². The second kappa shape index (κ2) is 5.31. The summed E-state index contributed by atoms with van der Waals surface area (Å²) in [6.45, 7) is 0. The molecule has 2 aromatic rings. The molecule has 0 fully saturated rings. The second-order valence-corrected chi connectivity index (χ2v) is 6.69. The van der Waals surface area contributed by atoms with Gasteiger partial charge in [-0.3, -0.25) is 0 Å². The zero-order valence-electron chi connectivity index (χ0n) is 8.08. The van der Waals surface area contributed by atoms with Gasteiger partial charge in [0.05, 0.1) is 6.04 Å². The average Bonchev–Trinajstić information content (AvgIpc) is 2.63. The molecule has 0 aliphatic rings. The lowest BCUT2D eigenvalue weighted by molar-refractivity contribution is 0.866. The van der Waals surface area contributed by atoms with E-state index in [1.54, 1.807) is 11.3 Å². The monoisotopic (exact) mass is 423 g/mol. The Kier molecular flexibility index (Phi) is 4.24. The Labute approximate surface area is 123 Å². The molecule has 0 saturated heterocycles. The van der Waals surface area contributed by atoms with Crippen molar-refractivity contribution in [3.63, 3.8) is 0 Å². The van der Waals surface area contributed by atoms with Gasteiger partial charge in [0.25, 0.3) is 0 Å². The Balaban J connectivity index is 2.41. The van der Waals surface area contributed by atoms with E-state index in [1.807, 2.05) is 23.6 Å². The van der Waals surface area contributed by atoms with Crippen LogP contribution >= 0.6 is 59.1 Å². The van der Waals surface area contributed by atoms with Gasteiger partial charge in [-0.2, -0.15) is 11.3 Å². The lowest BCUT2D eigenvalue weighted by Crippen LogP contribution is -2.12. The maximum absolute atomic E-state index is 6.24. The van der Waals surface area contributed by atoms with Crippen LogP contribution in [0.1, 0.15) is 17.2 Å². The molecule has 2 N–H and O–H groups in total. The van der Waals surface area contributed by atoms with Crippen LogP contribution in [0.5, 0.6) is 0 Å². The van der Waals surface area contributed by atoms with Crippen molar-refractivity contribution in [1.82, 2.24) is 0 Å². The molecule has 0 bridgehead atoms. The predicted octanol–water partition coefficient (Wildman–Crippen LogP) is 5.08. The Hall–Kier alpha value is 0.320. The van der Waals surface area contributed by atoms with Crippen LogP contribution in [0.3, 0.4) is 0 Å².